The maximum Gasteiger partial charge on any atom is 0.416 e. The van der Waals surface area contributed by atoms with Crippen LogP contribution in [0.15, 0.2) is 49.0 Å². The lowest BCUT2D eigenvalue weighted by atomic mass is 10.0. The predicted molar refractivity (Wildman–Crippen MR) is 105 cm³/mol. The van der Waals surface area contributed by atoms with Gasteiger partial charge in [-0.1, -0.05) is 23.7 Å². The lowest BCUT2D eigenvalue weighted by Gasteiger charge is -2.13. The number of ether oxygens (including phenoxy) is 1. The number of halogens is 4. The Morgan fingerprint density at radius 1 is 1.27 bits per heavy atom. The number of fused-ring (bicyclic) bond motifs is 1. The molecule has 0 aliphatic carbocycles. The van der Waals surface area contributed by atoms with Crippen molar-refractivity contribution in [3.05, 3.63) is 65.1 Å². The Morgan fingerprint density at radius 2 is 2.00 bits per heavy atom. The van der Waals surface area contributed by atoms with Crippen LogP contribution >= 0.6 is 11.6 Å². The molecule has 2 unspecified atom stereocenters. The van der Waals surface area contributed by atoms with Crippen LogP contribution in [-0.2, 0) is 22.3 Å². The third kappa shape index (κ3) is 3.85. The first kappa shape index (κ1) is 20.2. The fourth-order valence-corrected chi connectivity index (χ4v) is 3.50. The molecule has 1 aliphatic rings. The lowest BCUT2D eigenvalue weighted by Crippen LogP contribution is -2.28. The molecule has 1 N–H and O–H groups in total. The van der Waals surface area contributed by atoms with Crippen molar-refractivity contribution < 1.29 is 22.7 Å². The Labute approximate surface area is 174 Å². The number of anilines is 1. The monoisotopic (exact) mass is 436 g/mol. The SMILES string of the molecule is CC1OC=CC1C(=O)Nc1nn(Cc2ccc(C(F)(F)F)cc2)c2cncc(Cl)c12. The Morgan fingerprint density at radius 3 is 2.63 bits per heavy atom. The van der Waals surface area contributed by atoms with Gasteiger partial charge in [0.05, 0.1) is 46.4 Å². The molecule has 30 heavy (non-hydrogen) atoms. The third-order valence-electron chi connectivity index (χ3n) is 4.86. The van der Waals surface area contributed by atoms with E-state index >= 15 is 0 Å². The second-order valence-corrected chi connectivity index (χ2v) is 7.31. The highest BCUT2D eigenvalue weighted by atomic mass is 35.5. The number of carbonyl (C=O) groups excluding carboxylic acids is 1. The Balaban J connectivity index is 1.65. The van der Waals surface area contributed by atoms with Gasteiger partial charge in [0.25, 0.3) is 0 Å². The number of amides is 1. The van der Waals surface area contributed by atoms with Crippen LogP contribution in [0, 0.1) is 5.92 Å². The van der Waals surface area contributed by atoms with E-state index in [-0.39, 0.29) is 24.4 Å². The third-order valence-corrected chi connectivity index (χ3v) is 5.14. The number of nitrogens with one attached hydrogen (secondary N) is 1. The summed E-state index contributed by atoms with van der Waals surface area (Å²) in [6, 6.07) is 4.80. The van der Waals surface area contributed by atoms with Crippen LogP contribution in [0.25, 0.3) is 10.9 Å². The largest absolute Gasteiger partial charge is 0.497 e. The maximum absolute atomic E-state index is 12.8. The number of hydrogen-bond donors (Lipinski definition) is 1. The topological polar surface area (TPSA) is 69.0 Å². The van der Waals surface area contributed by atoms with Gasteiger partial charge in [-0.3, -0.25) is 14.5 Å². The van der Waals surface area contributed by atoms with Gasteiger partial charge >= 0.3 is 6.18 Å². The fourth-order valence-electron chi connectivity index (χ4n) is 3.26. The van der Waals surface area contributed by atoms with Crippen LogP contribution in [-0.4, -0.2) is 26.8 Å². The lowest BCUT2D eigenvalue weighted by molar-refractivity contribution is -0.137. The molecule has 0 spiro atoms. The van der Waals surface area contributed by atoms with E-state index in [4.69, 9.17) is 16.3 Å². The Kier molecular flexibility index (Phi) is 5.15. The maximum atomic E-state index is 12.8. The summed E-state index contributed by atoms with van der Waals surface area (Å²) < 4.78 is 45.2. The van der Waals surface area contributed by atoms with Crippen LogP contribution in [0.3, 0.4) is 0 Å². The molecule has 2 aromatic heterocycles. The highest BCUT2D eigenvalue weighted by molar-refractivity contribution is 6.36. The average molecular weight is 437 g/mol. The van der Waals surface area contributed by atoms with Gasteiger partial charge in [-0.05, 0) is 30.7 Å². The van der Waals surface area contributed by atoms with E-state index in [1.165, 1.54) is 35.5 Å². The van der Waals surface area contributed by atoms with Crippen molar-refractivity contribution in [1.29, 1.82) is 0 Å². The van der Waals surface area contributed by atoms with Crippen molar-refractivity contribution in [3.8, 4) is 0 Å². The Hall–Kier alpha value is -3.07. The number of carbonyl (C=O) groups is 1. The molecule has 3 heterocycles. The molecule has 1 amide bonds. The second kappa shape index (κ2) is 7.64. The summed E-state index contributed by atoms with van der Waals surface area (Å²) in [5, 5.41) is 8.00. The zero-order valence-corrected chi connectivity index (χ0v) is 16.4. The predicted octanol–water partition coefficient (Wildman–Crippen LogP) is 4.64. The van der Waals surface area contributed by atoms with Crippen molar-refractivity contribution in [3.63, 3.8) is 0 Å². The minimum atomic E-state index is -4.40. The zero-order valence-electron chi connectivity index (χ0n) is 15.7. The minimum Gasteiger partial charge on any atom is -0.497 e. The summed E-state index contributed by atoms with van der Waals surface area (Å²) in [6.07, 6.45) is 1.40. The van der Waals surface area contributed by atoms with Gasteiger partial charge in [-0.25, -0.2) is 0 Å². The molecule has 2 atom stereocenters. The van der Waals surface area contributed by atoms with Crippen molar-refractivity contribution >= 4 is 34.2 Å². The summed E-state index contributed by atoms with van der Waals surface area (Å²) in [5.74, 6) is -0.521. The molecule has 0 saturated carbocycles. The molecule has 3 aromatic rings. The van der Waals surface area contributed by atoms with E-state index in [1.54, 1.807) is 13.0 Å². The first-order valence-electron chi connectivity index (χ1n) is 9.03. The van der Waals surface area contributed by atoms with Crippen molar-refractivity contribution in [2.75, 3.05) is 5.32 Å². The van der Waals surface area contributed by atoms with Crippen LogP contribution in [0.4, 0.5) is 19.0 Å². The molecular weight excluding hydrogens is 421 g/mol. The summed E-state index contributed by atoms with van der Waals surface area (Å²) in [4.78, 5) is 16.7. The molecule has 1 aliphatic heterocycles. The molecule has 0 bridgehead atoms. The summed E-state index contributed by atoms with van der Waals surface area (Å²) in [7, 11) is 0. The van der Waals surface area contributed by atoms with E-state index in [0.717, 1.165) is 12.1 Å². The number of pyridine rings is 1. The van der Waals surface area contributed by atoms with Crippen LogP contribution < -0.4 is 5.32 Å². The number of nitrogens with zero attached hydrogens (tertiary/aromatic N) is 3. The molecule has 0 radical (unpaired) electrons. The number of aromatic nitrogens is 3. The smallest absolute Gasteiger partial charge is 0.416 e. The molecule has 1 aromatic carbocycles. The summed E-state index contributed by atoms with van der Waals surface area (Å²) in [6.45, 7) is 1.96. The number of benzene rings is 1. The Bertz CT molecular complexity index is 1130. The van der Waals surface area contributed by atoms with Gasteiger partial charge in [0.2, 0.25) is 5.91 Å². The van der Waals surface area contributed by atoms with E-state index < -0.39 is 17.7 Å². The van der Waals surface area contributed by atoms with Crippen molar-refractivity contribution in [1.82, 2.24) is 14.8 Å². The first-order chi connectivity index (χ1) is 14.2. The second-order valence-electron chi connectivity index (χ2n) is 6.90. The van der Waals surface area contributed by atoms with Crippen molar-refractivity contribution in [2.45, 2.75) is 25.7 Å². The van der Waals surface area contributed by atoms with Crippen LogP contribution in [0.2, 0.25) is 5.02 Å². The van der Waals surface area contributed by atoms with Crippen LogP contribution in [0.5, 0.6) is 0 Å². The van der Waals surface area contributed by atoms with E-state index in [0.29, 0.717) is 21.5 Å². The molecule has 0 saturated heterocycles. The van der Waals surface area contributed by atoms with E-state index in [1.807, 2.05) is 0 Å². The molecule has 4 rings (SSSR count). The standard InChI is InChI=1S/C20H16ClF3N4O2/c1-11-14(6-7-30-11)19(29)26-18-17-15(21)8-25-9-16(17)28(27-18)10-12-2-4-13(5-3-12)20(22,23)24/h2-9,11,14H,10H2,1H3,(H,26,27,29). The van der Waals surface area contributed by atoms with Gasteiger partial charge in [0, 0.05) is 6.20 Å². The highest BCUT2D eigenvalue weighted by Crippen LogP contribution is 2.32. The van der Waals surface area contributed by atoms with Gasteiger partial charge in [-0.2, -0.15) is 18.3 Å². The quantitative estimate of drug-likeness (QED) is 0.647. The van der Waals surface area contributed by atoms with E-state index in [2.05, 4.69) is 15.4 Å². The number of alkyl halides is 3. The molecule has 6 nitrogen and oxygen atoms in total. The van der Waals surface area contributed by atoms with Gasteiger partial charge in [0.1, 0.15) is 6.10 Å². The van der Waals surface area contributed by atoms with Crippen LogP contribution in [0.1, 0.15) is 18.1 Å². The van der Waals surface area contributed by atoms with Crippen molar-refractivity contribution in [2.24, 2.45) is 5.92 Å². The molecule has 0 fully saturated rings. The van der Waals surface area contributed by atoms with Gasteiger partial charge in [0.15, 0.2) is 5.82 Å². The molecule has 156 valence electrons. The molecular formula is C20H16ClF3N4O2. The number of rotatable bonds is 4. The van der Waals surface area contributed by atoms with E-state index in [9.17, 15) is 18.0 Å². The molecule has 10 heteroatoms. The van der Waals surface area contributed by atoms with Gasteiger partial charge < -0.3 is 10.1 Å². The highest BCUT2D eigenvalue weighted by Gasteiger charge is 2.30. The minimum absolute atomic E-state index is 0.176. The normalized spacial score (nSPS) is 18.6. The first-order valence-corrected chi connectivity index (χ1v) is 9.41. The zero-order chi connectivity index (χ0) is 21.5. The number of hydrogen-bond acceptors (Lipinski definition) is 4. The summed E-state index contributed by atoms with van der Waals surface area (Å²) >= 11 is 6.29. The average Bonchev–Trinajstić information content (AvgIpc) is 3.26. The summed E-state index contributed by atoms with van der Waals surface area (Å²) in [5.41, 5.74) is 0.421. The fraction of sp³-hybridized carbons (Fsp3) is 0.250. The van der Waals surface area contributed by atoms with Gasteiger partial charge in [-0.15, -0.1) is 0 Å².